The Hall–Kier alpha value is -1.13. The lowest BCUT2D eigenvalue weighted by molar-refractivity contribution is 0.165. The van der Waals surface area contributed by atoms with E-state index in [0.717, 1.165) is 32.6 Å². The quantitative estimate of drug-likeness (QED) is 0.827. The maximum absolute atomic E-state index is 6.00. The fraction of sp³-hybridized carbons (Fsp3) is 0.615. The molecule has 0 spiro atoms. The second-order valence-electron chi connectivity index (χ2n) is 4.57. The summed E-state index contributed by atoms with van der Waals surface area (Å²) in [5.74, 6) is 0.685. The first kappa shape index (κ1) is 12.3. The SMILES string of the molecule is CCC[C@@H](c1cccnc1N)N1CCNCC1. The van der Waals surface area contributed by atoms with E-state index in [4.69, 9.17) is 5.73 Å². The van der Waals surface area contributed by atoms with Crippen LogP contribution in [0.15, 0.2) is 18.3 Å². The average molecular weight is 234 g/mol. The Morgan fingerprint density at radius 2 is 2.24 bits per heavy atom. The molecule has 0 aromatic carbocycles. The lowest BCUT2D eigenvalue weighted by Gasteiger charge is -2.35. The fourth-order valence-corrected chi connectivity index (χ4v) is 2.51. The third-order valence-corrected chi connectivity index (χ3v) is 3.38. The number of aromatic nitrogens is 1. The zero-order chi connectivity index (χ0) is 12.1. The number of anilines is 1. The molecule has 1 atom stereocenters. The molecule has 4 nitrogen and oxygen atoms in total. The Kier molecular flexibility index (Phi) is 4.34. The topological polar surface area (TPSA) is 54.2 Å². The second kappa shape index (κ2) is 5.98. The van der Waals surface area contributed by atoms with E-state index in [0.29, 0.717) is 11.9 Å². The van der Waals surface area contributed by atoms with Gasteiger partial charge in [0, 0.05) is 44.0 Å². The summed E-state index contributed by atoms with van der Waals surface area (Å²) in [6.07, 6.45) is 4.08. The predicted octanol–water partition coefficient (Wildman–Crippen LogP) is 1.41. The Balaban J connectivity index is 2.18. The summed E-state index contributed by atoms with van der Waals surface area (Å²) in [6, 6.07) is 4.53. The first-order valence-corrected chi connectivity index (χ1v) is 6.48. The fourth-order valence-electron chi connectivity index (χ4n) is 2.51. The van der Waals surface area contributed by atoms with Gasteiger partial charge in [0.25, 0.3) is 0 Å². The minimum Gasteiger partial charge on any atom is -0.383 e. The van der Waals surface area contributed by atoms with Gasteiger partial charge in [0.2, 0.25) is 0 Å². The van der Waals surface area contributed by atoms with Crippen LogP contribution in [0.2, 0.25) is 0 Å². The highest BCUT2D eigenvalue weighted by Crippen LogP contribution is 2.28. The van der Waals surface area contributed by atoms with Gasteiger partial charge in [0.1, 0.15) is 5.82 Å². The average Bonchev–Trinajstić information content (AvgIpc) is 2.38. The highest BCUT2D eigenvalue weighted by molar-refractivity contribution is 5.40. The maximum atomic E-state index is 6.00. The molecule has 1 aliphatic rings. The molecule has 0 amide bonds. The van der Waals surface area contributed by atoms with Gasteiger partial charge in [-0.2, -0.15) is 0 Å². The van der Waals surface area contributed by atoms with E-state index in [9.17, 15) is 0 Å². The van der Waals surface area contributed by atoms with E-state index in [2.05, 4.69) is 28.2 Å². The first-order valence-electron chi connectivity index (χ1n) is 6.48. The number of hydrogen-bond donors (Lipinski definition) is 2. The van der Waals surface area contributed by atoms with Gasteiger partial charge in [-0.15, -0.1) is 0 Å². The summed E-state index contributed by atoms with van der Waals surface area (Å²) in [6.45, 7) is 6.56. The largest absolute Gasteiger partial charge is 0.383 e. The van der Waals surface area contributed by atoms with Crippen molar-refractivity contribution < 1.29 is 0 Å². The summed E-state index contributed by atoms with van der Waals surface area (Å²) in [5, 5.41) is 3.39. The Morgan fingerprint density at radius 1 is 1.47 bits per heavy atom. The predicted molar refractivity (Wildman–Crippen MR) is 70.7 cm³/mol. The van der Waals surface area contributed by atoms with Crippen molar-refractivity contribution >= 4 is 5.82 Å². The maximum Gasteiger partial charge on any atom is 0.128 e. The zero-order valence-electron chi connectivity index (χ0n) is 10.5. The summed E-state index contributed by atoms with van der Waals surface area (Å²) in [7, 11) is 0. The normalized spacial score (nSPS) is 19.1. The van der Waals surface area contributed by atoms with Crippen LogP contribution >= 0.6 is 0 Å². The number of nitrogens with two attached hydrogens (primary N) is 1. The number of nitrogens with zero attached hydrogens (tertiary/aromatic N) is 2. The lowest BCUT2D eigenvalue weighted by atomic mass is 10.0. The van der Waals surface area contributed by atoms with Crippen molar-refractivity contribution in [3.8, 4) is 0 Å². The van der Waals surface area contributed by atoms with Crippen molar-refractivity contribution in [2.45, 2.75) is 25.8 Å². The van der Waals surface area contributed by atoms with Crippen LogP contribution < -0.4 is 11.1 Å². The molecule has 17 heavy (non-hydrogen) atoms. The summed E-state index contributed by atoms with van der Waals surface area (Å²) in [4.78, 5) is 6.73. The summed E-state index contributed by atoms with van der Waals surface area (Å²) < 4.78 is 0. The van der Waals surface area contributed by atoms with Crippen molar-refractivity contribution in [3.05, 3.63) is 23.9 Å². The molecule has 1 aliphatic heterocycles. The van der Waals surface area contributed by atoms with Crippen LogP contribution in [-0.4, -0.2) is 36.1 Å². The van der Waals surface area contributed by atoms with Gasteiger partial charge in [0.05, 0.1) is 0 Å². The van der Waals surface area contributed by atoms with Crippen LogP contribution in [0, 0.1) is 0 Å². The molecule has 1 saturated heterocycles. The van der Waals surface area contributed by atoms with Gasteiger partial charge in [-0.25, -0.2) is 4.98 Å². The van der Waals surface area contributed by atoms with Crippen molar-refractivity contribution in [2.24, 2.45) is 0 Å². The van der Waals surface area contributed by atoms with Gasteiger partial charge in [-0.3, -0.25) is 4.90 Å². The Labute approximate surface area is 103 Å². The number of nitrogen functional groups attached to an aromatic ring is 1. The third kappa shape index (κ3) is 2.96. The highest BCUT2D eigenvalue weighted by atomic mass is 15.2. The van der Waals surface area contributed by atoms with Crippen LogP contribution in [0.1, 0.15) is 31.4 Å². The molecule has 2 rings (SSSR count). The van der Waals surface area contributed by atoms with Crippen LogP contribution in [0.4, 0.5) is 5.82 Å². The van der Waals surface area contributed by atoms with Crippen LogP contribution in [-0.2, 0) is 0 Å². The molecule has 94 valence electrons. The van der Waals surface area contributed by atoms with E-state index < -0.39 is 0 Å². The molecule has 4 heteroatoms. The minimum absolute atomic E-state index is 0.427. The molecule has 0 unspecified atom stereocenters. The molecule has 2 heterocycles. The van der Waals surface area contributed by atoms with Gasteiger partial charge in [-0.1, -0.05) is 19.4 Å². The van der Waals surface area contributed by atoms with Gasteiger partial charge in [0.15, 0.2) is 0 Å². The zero-order valence-corrected chi connectivity index (χ0v) is 10.5. The smallest absolute Gasteiger partial charge is 0.128 e. The monoisotopic (exact) mass is 234 g/mol. The van der Waals surface area contributed by atoms with Gasteiger partial charge < -0.3 is 11.1 Å². The third-order valence-electron chi connectivity index (χ3n) is 3.38. The molecular weight excluding hydrogens is 212 g/mol. The van der Waals surface area contributed by atoms with E-state index in [-0.39, 0.29) is 0 Å². The molecular formula is C13H22N4. The van der Waals surface area contributed by atoms with Crippen molar-refractivity contribution in [2.75, 3.05) is 31.9 Å². The molecule has 0 bridgehead atoms. The van der Waals surface area contributed by atoms with Crippen LogP contribution in [0.25, 0.3) is 0 Å². The molecule has 0 saturated carbocycles. The van der Waals surface area contributed by atoms with E-state index >= 15 is 0 Å². The van der Waals surface area contributed by atoms with Crippen LogP contribution in [0.5, 0.6) is 0 Å². The molecule has 1 aromatic heterocycles. The minimum atomic E-state index is 0.427. The number of rotatable bonds is 4. The molecule has 0 aliphatic carbocycles. The van der Waals surface area contributed by atoms with E-state index in [1.54, 1.807) is 6.20 Å². The van der Waals surface area contributed by atoms with E-state index in [1.165, 1.54) is 12.0 Å². The number of hydrogen-bond acceptors (Lipinski definition) is 4. The first-order chi connectivity index (χ1) is 8.33. The highest BCUT2D eigenvalue weighted by Gasteiger charge is 2.23. The van der Waals surface area contributed by atoms with Crippen LogP contribution in [0.3, 0.4) is 0 Å². The van der Waals surface area contributed by atoms with Gasteiger partial charge in [-0.05, 0) is 12.5 Å². The van der Waals surface area contributed by atoms with Gasteiger partial charge >= 0.3 is 0 Å². The standard InChI is InChI=1S/C13H22N4/c1-2-4-12(17-9-7-15-8-10-17)11-5-3-6-16-13(11)14/h3,5-6,12,15H,2,4,7-10H2,1H3,(H2,14,16)/t12-/m0/s1. The molecule has 1 aromatic rings. The van der Waals surface area contributed by atoms with E-state index in [1.807, 2.05) is 6.07 Å². The second-order valence-corrected chi connectivity index (χ2v) is 4.57. The number of piperazine rings is 1. The van der Waals surface area contributed by atoms with Crippen molar-refractivity contribution in [1.82, 2.24) is 15.2 Å². The molecule has 0 radical (unpaired) electrons. The molecule has 1 fully saturated rings. The number of nitrogens with one attached hydrogen (secondary N) is 1. The Morgan fingerprint density at radius 3 is 2.88 bits per heavy atom. The number of pyridine rings is 1. The summed E-state index contributed by atoms with van der Waals surface area (Å²) in [5.41, 5.74) is 7.20. The van der Waals surface area contributed by atoms with Crippen molar-refractivity contribution in [1.29, 1.82) is 0 Å². The molecule has 3 N–H and O–H groups in total. The lowest BCUT2D eigenvalue weighted by Crippen LogP contribution is -2.45. The Bertz CT molecular complexity index is 347. The van der Waals surface area contributed by atoms with Crippen molar-refractivity contribution in [3.63, 3.8) is 0 Å². The summed E-state index contributed by atoms with van der Waals surface area (Å²) >= 11 is 0.